The standard InChI is InChI=1S/C17H23N3O6S/c1-17(26-27(4,24)25,16(23)18-11-12-8-6-5-7-9-12)20-14(21)10-13(15(20)22)19(2)3/h5-9,13H,10-11H2,1-4H3,(H,18,23)/t13-,17-/m0/s1. The predicted molar refractivity (Wildman–Crippen MR) is 96.6 cm³/mol. The summed E-state index contributed by atoms with van der Waals surface area (Å²) in [5, 5.41) is 2.54. The Morgan fingerprint density at radius 2 is 1.89 bits per heavy atom. The molecule has 27 heavy (non-hydrogen) atoms. The summed E-state index contributed by atoms with van der Waals surface area (Å²) in [5.41, 5.74) is -1.56. The zero-order chi connectivity index (χ0) is 20.4. The van der Waals surface area contributed by atoms with Gasteiger partial charge in [0, 0.05) is 6.54 Å². The molecule has 1 N–H and O–H groups in total. The molecule has 0 radical (unpaired) electrons. The van der Waals surface area contributed by atoms with Gasteiger partial charge in [-0.2, -0.15) is 8.42 Å². The average molecular weight is 397 g/mol. The number of likely N-dealkylation sites (tertiary alicyclic amines) is 1. The van der Waals surface area contributed by atoms with Crippen molar-refractivity contribution in [2.75, 3.05) is 20.4 Å². The summed E-state index contributed by atoms with van der Waals surface area (Å²) in [7, 11) is -0.923. The van der Waals surface area contributed by atoms with Crippen LogP contribution < -0.4 is 5.32 Å². The molecular weight excluding hydrogens is 374 g/mol. The van der Waals surface area contributed by atoms with Crippen molar-refractivity contribution in [3.05, 3.63) is 35.9 Å². The number of hydrogen-bond acceptors (Lipinski definition) is 7. The first-order valence-corrected chi connectivity index (χ1v) is 10.0. The van der Waals surface area contributed by atoms with E-state index in [4.69, 9.17) is 4.18 Å². The van der Waals surface area contributed by atoms with Gasteiger partial charge in [0.1, 0.15) is 0 Å². The van der Waals surface area contributed by atoms with Crippen LogP contribution in [0.3, 0.4) is 0 Å². The minimum absolute atomic E-state index is 0.0791. The lowest BCUT2D eigenvalue weighted by Crippen LogP contribution is -2.61. The maximum atomic E-state index is 12.8. The first kappa shape index (κ1) is 21.0. The number of nitrogens with one attached hydrogen (secondary N) is 1. The second-order valence-corrected chi connectivity index (χ2v) is 8.26. The molecule has 1 fully saturated rings. The molecule has 10 heteroatoms. The van der Waals surface area contributed by atoms with Gasteiger partial charge < -0.3 is 5.32 Å². The molecule has 0 aliphatic carbocycles. The van der Waals surface area contributed by atoms with Gasteiger partial charge in [0.15, 0.2) is 0 Å². The van der Waals surface area contributed by atoms with Gasteiger partial charge in [-0.1, -0.05) is 30.3 Å². The van der Waals surface area contributed by atoms with Gasteiger partial charge >= 0.3 is 0 Å². The Labute approximate surface area is 158 Å². The summed E-state index contributed by atoms with van der Waals surface area (Å²) >= 11 is 0. The van der Waals surface area contributed by atoms with E-state index in [-0.39, 0.29) is 13.0 Å². The van der Waals surface area contributed by atoms with Gasteiger partial charge in [-0.15, -0.1) is 0 Å². The highest BCUT2D eigenvalue weighted by atomic mass is 32.2. The highest BCUT2D eigenvalue weighted by Crippen LogP contribution is 2.29. The van der Waals surface area contributed by atoms with Gasteiger partial charge in [0.2, 0.25) is 17.5 Å². The molecule has 0 bridgehead atoms. The largest absolute Gasteiger partial charge is 0.348 e. The molecule has 1 aromatic carbocycles. The summed E-state index contributed by atoms with van der Waals surface area (Å²) in [6, 6.07) is 8.12. The van der Waals surface area contributed by atoms with E-state index in [1.54, 1.807) is 38.4 Å². The number of likely N-dealkylation sites (N-methyl/N-ethyl adjacent to an activating group) is 1. The monoisotopic (exact) mass is 397 g/mol. The van der Waals surface area contributed by atoms with Crippen LogP contribution in [0.1, 0.15) is 18.9 Å². The fourth-order valence-electron chi connectivity index (χ4n) is 2.88. The normalized spacial score (nSPS) is 20.0. The van der Waals surface area contributed by atoms with Crippen molar-refractivity contribution in [1.82, 2.24) is 15.1 Å². The number of carbonyl (C=O) groups is 3. The van der Waals surface area contributed by atoms with Crippen molar-refractivity contribution < 1.29 is 27.0 Å². The molecule has 1 saturated heterocycles. The van der Waals surface area contributed by atoms with Crippen LogP contribution in [-0.2, 0) is 35.2 Å². The summed E-state index contributed by atoms with van der Waals surface area (Å²) in [5.74, 6) is -2.27. The number of benzene rings is 1. The fourth-order valence-corrected chi connectivity index (χ4v) is 3.62. The maximum absolute atomic E-state index is 12.8. The summed E-state index contributed by atoms with van der Waals surface area (Å²) in [6.07, 6.45) is 0.588. The maximum Gasteiger partial charge on any atom is 0.275 e. The van der Waals surface area contributed by atoms with Crippen molar-refractivity contribution >= 4 is 27.8 Å². The highest BCUT2D eigenvalue weighted by Gasteiger charge is 2.55. The molecule has 1 aliphatic rings. The first-order valence-electron chi connectivity index (χ1n) is 8.22. The lowest BCUT2D eigenvalue weighted by molar-refractivity contribution is -0.170. The van der Waals surface area contributed by atoms with Crippen LogP contribution in [0.2, 0.25) is 0 Å². The van der Waals surface area contributed by atoms with Crippen molar-refractivity contribution in [3.8, 4) is 0 Å². The number of amides is 3. The fraction of sp³-hybridized carbons (Fsp3) is 0.471. The summed E-state index contributed by atoms with van der Waals surface area (Å²) in [6.45, 7) is 1.18. The number of carbonyl (C=O) groups excluding carboxylic acids is 3. The van der Waals surface area contributed by atoms with Gasteiger partial charge in [0.25, 0.3) is 16.0 Å². The Kier molecular flexibility index (Phi) is 6.03. The van der Waals surface area contributed by atoms with Crippen molar-refractivity contribution in [2.45, 2.75) is 31.7 Å². The number of rotatable bonds is 7. The van der Waals surface area contributed by atoms with Crippen molar-refractivity contribution in [2.24, 2.45) is 0 Å². The molecule has 1 aromatic rings. The van der Waals surface area contributed by atoms with Crippen LogP contribution in [0.5, 0.6) is 0 Å². The van der Waals surface area contributed by atoms with Gasteiger partial charge in [0.05, 0.1) is 18.7 Å². The molecule has 0 saturated carbocycles. The highest BCUT2D eigenvalue weighted by molar-refractivity contribution is 7.86. The lowest BCUT2D eigenvalue weighted by Gasteiger charge is -2.34. The zero-order valence-corrected chi connectivity index (χ0v) is 16.4. The molecule has 0 unspecified atom stereocenters. The third-order valence-corrected chi connectivity index (χ3v) is 4.83. The van der Waals surface area contributed by atoms with E-state index in [1.807, 2.05) is 6.07 Å². The second-order valence-electron chi connectivity index (χ2n) is 6.69. The van der Waals surface area contributed by atoms with E-state index in [1.165, 1.54) is 4.90 Å². The quantitative estimate of drug-likeness (QED) is 0.496. The topological polar surface area (TPSA) is 113 Å². The minimum atomic E-state index is -4.15. The van der Waals surface area contributed by atoms with E-state index in [0.717, 1.165) is 18.7 Å². The Morgan fingerprint density at radius 1 is 1.30 bits per heavy atom. The van der Waals surface area contributed by atoms with Crippen LogP contribution in [0.15, 0.2) is 30.3 Å². The summed E-state index contributed by atoms with van der Waals surface area (Å²) in [4.78, 5) is 40.0. The molecule has 9 nitrogen and oxygen atoms in total. The van der Waals surface area contributed by atoms with Gasteiger partial charge in [-0.3, -0.25) is 19.3 Å². The number of hydrogen-bond donors (Lipinski definition) is 1. The molecule has 1 heterocycles. The number of nitrogens with zero attached hydrogens (tertiary/aromatic N) is 2. The first-order chi connectivity index (χ1) is 12.5. The molecule has 3 amide bonds. The molecule has 1 aliphatic heterocycles. The van der Waals surface area contributed by atoms with Crippen molar-refractivity contribution in [1.29, 1.82) is 0 Å². The third kappa shape index (κ3) is 4.71. The Bertz CT molecular complexity index is 839. The minimum Gasteiger partial charge on any atom is -0.348 e. The Hall–Kier alpha value is -2.30. The molecule has 0 spiro atoms. The Morgan fingerprint density at radius 3 is 2.37 bits per heavy atom. The average Bonchev–Trinajstić information content (AvgIpc) is 2.87. The van der Waals surface area contributed by atoms with E-state index >= 15 is 0 Å². The predicted octanol–water partition coefficient (Wildman–Crippen LogP) is -0.316. The zero-order valence-electron chi connectivity index (χ0n) is 15.6. The van der Waals surface area contributed by atoms with Crippen molar-refractivity contribution in [3.63, 3.8) is 0 Å². The molecule has 2 rings (SSSR count). The van der Waals surface area contributed by atoms with Gasteiger partial charge in [-0.25, -0.2) is 9.08 Å². The summed E-state index contributed by atoms with van der Waals surface area (Å²) < 4.78 is 28.5. The molecular formula is C17H23N3O6S. The second kappa shape index (κ2) is 7.75. The SMILES string of the molecule is CN(C)[C@H]1CC(=O)N([C@@](C)(OS(C)(=O)=O)C(=O)NCc2ccccc2)C1=O. The molecule has 0 aromatic heterocycles. The Balaban J connectivity index is 2.33. The van der Waals surface area contributed by atoms with E-state index in [2.05, 4.69) is 5.32 Å². The smallest absolute Gasteiger partial charge is 0.275 e. The molecule has 2 atom stereocenters. The van der Waals surface area contributed by atoms with Crippen LogP contribution in [0.25, 0.3) is 0 Å². The van der Waals surface area contributed by atoms with E-state index < -0.39 is 39.6 Å². The number of imide groups is 1. The molecule has 148 valence electrons. The van der Waals surface area contributed by atoms with E-state index in [0.29, 0.717) is 4.90 Å². The van der Waals surface area contributed by atoms with E-state index in [9.17, 15) is 22.8 Å². The van der Waals surface area contributed by atoms with Gasteiger partial charge in [-0.05, 0) is 26.6 Å². The lowest BCUT2D eigenvalue weighted by atomic mass is 10.1. The van der Waals surface area contributed by atoms with Crippen LogP contribution in [0, 0.1) is 0 Å². The third-order valence-electron chi connectivity index (χ3n) is 4.20. The van der Waals surface area contributed by atoms with Crippen LogP contribution in [-0.4, -0.2) is 68.1 Å². The van der Waals surface area contributed by atoms with Crippen LogP contribution in [0.4, 0.5) is 0 Å². The van der Waals surface area contributed by atoms with Crippen LogP contribution >= 0.6 is 0 Å².